The second kappa shape index (κ2) is 26.0. The summed E-state index contributed by atoms with van der Waals surface area (Å²) in [6.45, 7) is 7.25. The number of aliphatic hydroxyl groups is 1. The summed E-state index contributed by atoms with van der Waals surface area (Å²) in [5, 5.41) is 32.9. The van der Waals surface area contributed by atoms with Crippen molar-refractivity contribution in [2.75, 3.05) is 26.2 Å². The molecule has 0 saturated carbocycles. The van der Waals surface area contributed by atoms with E-state index in [1.165, 1.54) is 12.5 Å². The lowest BCUT2D eigenvalue weighted by atomic mass is 10.00. The van der Waals surface area contributed by atoms with E-state index in [0.717, 1.165) is 4.90 Å². The zero-order valence-corrected chi connectivity index (χ0v) is 35.2. The number of aromatic amines is 1. The number of aliphatic imine (C=N–C) groups is 1. The minimum Gasteiger partial charge on any atom is -0.480 e. The van der Waals surface area contributed by atoms with Crippen LogP contribution in [0.4, 0.5) is 0 Å². The van der Waals surface area contributed by atoms with E-state index in [1.54, 1.807) is 0 Å². The highest BCUT2D eigenvalue weighted by atomic mass is 16.4. The van der Waals surface area contributed by atoms with Gasteiger partial charge in [0.2, 0.25) is 35.4 Å². The van der Waals surface area contributed by atoms with Gasteiger partial charge in [0.15, 0.2) is 5.96 Å². The summed E-state index contributed by atoms with van der Waals surface area (Å²) in [4.78, 5) is 106. The van der Waals surface area contributed by atoms with E-state index >= 15 is 0 Å². The summed E-state index contributed by atoms with van der Waals surface area (Å²) < 4.78 is 0. The van der Waals surface area contributed by atoms with Crippen molar-refractivity contribution in [3.05, 3.63) is 18.2 Å². The molecule has 1 fully saturated rings. The first-order valence-electron chi connectivity index (χ1n) is 20.5. The van der Waals surface area contributed by atoms with Crippen LogP contribution in [0.1, 0.15) is 91.2 Å². The van der Waals surface area contributed by atoms with Gasteiger partial charge in [-0.1, -0.05) is 27.7 Å². The summed E-state index contributed by atoms with van der Waals surface area (Å²) in [7, 11) is 0. The van der Waals surface area contributed by atoms with Crippen molar-refractivity contribution in [2.24, 2.45) is 39.8 Å². The number of aliphatic hydroxyl groups excluding tert-OH is 1. The summed E-state index contributed by atoms with van der Waals surface area (Å²) in [5.74, 6) is -5.65. The van der Waals surface area contributed by atoms with Gasteiger partial charge in [-0.3, -0.25) is 33.8 Å². The number of aromatic nitrogens is 2. The van der Waals surface area contributed by atoms with Crippen LogP contribution in [0, 0.1) is 11.8 Å². The molecule has 0 aromatic carbocycles. The molecule has 2 rings (SSSR count). The van der Waals surface area contributed by atoms with Crippen molar-refractivity contribution in [3.63, 3.8) is 0 Å². The van der Waals surface area contributed by atoms with Gasteiger partial charge in [0.25, 0.3) is 0 Å². The molecule has 7 atom stereocenters. The molecule has 1 aromatic rings. The number of nitrogens with zero attached hydrogens (tertiary/aromatic N) is 3. The van der Waals surface area contributed by atoms with Crippen molar-refractivity contribution >= 4 is 47.4 Å². The van der Waals surface area contributed by atoms with Gasteiger partial charge in [-0.15, -0.1) is 0 Å². The third-order valence-corrected chi connectivity index (χ3v) is 9.79. The Kier molecular flexibility index (Phi) is 22.0. The average Bonchev–Trinajstić information content (AvgIpc) is 3.89. The Hall–Kier alpha value is -5.35. The Morgan fingerprint density at radius 1 is 0.817 bits per heavy atom. The molecule has 22 heteroatoms. The number of carbonyl (C=O) groups excluding carboxylic acids is 6. The maximum Gasteiger partial charge on any atom is 0.326 e. The predicted molar refractivity (Wildman–Crippen MR) is 221 cm³/mol. The molecule has 1 saturated heterocycles. The second-order valence-electron chi connectivity index (χ2n) is 15.9. The molecule has 338 valence electrons. The number of H-pyrrole nitrogens is 1. The summed E-state index contributed by atoms with van der Waals surface area (Å²) >= 11 is 0. The number of unbranched alkanes of at least 4 members (excludes halogenated alkanes) is 1. The molecule has 6 amide bonds. The second-order valence-corrected chi connectivity index (χ2v) is 15.9. The first kappa shape index (κ1) is 50.8. The number of hydrogen-bond acceptors (Lipinski definition) is 12. The first-order valence-corrected chi connectivity index (χ1v) is 20.5. The van der Waals surface area contributed by atoms with Gasteiger partial charge in [-0.2, -0.15) is 0 Å². The Bertz CT molecular complexity index is 1590. The highest BCUT2D eigenvalue weighted by molar-refractivity contribution is 5.97. The molecule has 1 aliphatic heterocycles. The van der Waals surface area contributed by atoms with Gasteiger partial charge in [-0.05, 0) is 76.2 Å². The Balaban J connectivity index is 2.38. The molecule has 0 unspecified atom stereocenters. The Labute approximate surface area is 350 Å². The molecule has 16 N–H and O–H groups in total. The van der Waals surface area contributed by atoms with Crippen molar-refractivity contribution in [1.82, 2.24) is 41.5 Å². The van der Waals surface area contributed by atoms with Crippen LogP contribution in [-0.4, -0.2) is 141 Å². The minimum absolute atomic E-state index is 0.0296. The number of carbonyl (C=O) groups is 7. The molecule has 22 nitrogen and oxygen atoms in total. The maximum absolute atomic E-state index is 14.1. The SMILES string of the molecule is CC(C)C[C@H](NC(=O)[C@@H](N)CC(C)C)C(=O)N[C@@H](CCCN=C(N)N)C(=O)N[C@@H](CCCCN)C(=O)N[C@@H](Cc1cnc[nH]1)C(=O)N[C@@H](CO)C(=O)N1CCC[C@H]1C(=O)O. The van der Waals surface area contributed by atoms with Gasteiger partial charge in [0.05, 0.1) is 19.0 Å². The molecule has 0 spiro atoms. The third-order valence-electron chi connectivity index (χ3n) is 9.79. The van der Waals surface area contributed by atoms with Crippen LogP contribution in [0.3, 0.4) is 0 Å². The van der Waals surface area contributed by atoms with E-state index in [2.05, 4.69) is 41.5 Å². The fraction of sp³-hybridized carbons (Fsp3) is 0.711. The lowest BCUT2D eigenvalue weighted by Crippen LogP contribution is -2.60. The molecular formula is C38H67N13O9. The van der Waals surface area contributed by atoms with E-state index in [4.69, 9.17) is 22.9 Å². The first-order chi connectivity index (χ1) is 28.4. The largest absolute Gasteiger partial charge is 0.480 e. The van der Waals surface area contributed by atoms with Gasteiger partial charge in [0, 0.05) is 31.4 Å². The normalized spacial score (nSPS) is 16.8. The van der Waals surface area contributed by atoms with Crippen molar-refractivity contribution in [1.29, 1.82) is 0 Å². The fourth-order valence-electron chi connectivity index (χ4n) is 6.72. The lowest BCUT2D eigenvalue weighted by Gasteiger charge is -2.29. The Morgan fingerprint density at radius 3 is 1.90 bits per heavy atom. The molecule has 60 heavy (non-hydrogen) atoms. The molecule has 1 aromatic heterocycles. The molecule has 0 aliphatic carbocycles. The van der Waals surface area contributed by atoms with Crippen LogP contribution in [0.15, 0.2) is 17.5 Å². The van der Waals surface area contributed by atoms with E-state index in [9.17, 15) is 43.8 Å². The highest BCUT2D eigenvalue weighted by Crippen LogP contribution is 2.19. The number of imidazole rings is 1. The van der Waals surface area contributed by atoms with E-state index < -0.39 is 90.3 Å². The number of likely N-dealkylation sites (tertiary alicyclic amines) is 1. The number of carboxylic acid groups (broad SMARTS) is 1. The maximum atomic E-state index is 14.1. The molecule has 0 bridgehead atoms. The van der Waals surface area contributed by atoms with Crippen LogP contribution < -0.4 is 49.5 Å². The van der Waals surface area contributed by atoms with Crippen LogP contribution in [0.25, 0.3) is 0 Å². The fourth-order valence-corrected chi connectivity index (χ4v) is 6.72. The number of nitrogens with one attached hydrogen (secondary N) is 6. The summed E-state index contributed by atoms with van der Waals surface area (Å²) in [6.07, 6.45) is 5.11. The monoisotopic (exact) mass is 850 g/mol. The molecule has 0 radical (unpaired) electrons. The Morgan fingerprint density at radius 2 is 1.37 bits per heavy atom. The number of hydrogen-bond donors (Lipinski definition) is 12. The molecular weight excluding hydrogens is 782 g/mol. The van der Waals surface area contributed by atoms with E-state index in [0.29, 0.717) is 31.4 Å². The van der Waals surface area contributed by atoms with Gasteiger partial charge in [-0.25, -0.2) is 9.78 Å². The highest BCUT2D eigenvalue weighted by Gasteiger charge is 2.39. The van der Waals surface area contributed by atoms with Crippen LogP contribution in [-0.2, 0) is 40.0 Å². The number of amides is 6. The van der Waals surface area contributed by atoms with Crippen molar-refractivity contribution in [2.45, 2.75) is 134 Å². The van der Waals surface area contributed by atoms with Crippen molar-refractivity contribution in [3.8, 4) is 0 Å². The standard InChI is InChI=1S/C38H67N13O9/c1-21(2)15-24(40)31(53)48-27(16-22(3)4)34(56)47-26(10-7-13-44-38(41)42)32(54)46-25(9-5-6-12-39)33(55)49-28(17-23-18-43-20-45-23)35(57)50-29(19-52)36(58)51-14-8-11-30(51)37(59)60/h18,20-22,24-30,52H,5-17,19,39-40H2,1-4H3,(H,43,45)(H,46,54)(H,47,56)(H,48,53)(H,49,55)(H,50,57)(H,59,60)(H4,41,42,44)/t24-,25-,26-,27-,28-,29-,30-/m0/s1. The minimum atomic E-state index is -1.52. The van der Waals surface area contributed by atoms with Gasteiger partial charge in [0.1, 0.15) is 36.3 Å². The van der Waals surface area contributed by atoms with Crippen molar-refractivity contribution < 1.29 is 43.8 Å². The number of carboxylic acids is 1. The number of rotatable bonds is 27. The number of aliphatic carboxylic acids is 1. The van der Waals surface area contributed by atoms with Crippen LogP contribution in [0.2, 0.25) is 0 Å². The number of nitrogens with two attached hydrogens (primary N) is 4. The number of guanidine groups is 1. The summed E-state index contributed by atoms with van der Waals surface area (Å²) in [6, 6.07) is -8.39. The van der Waals surface area contributed by atoms with E-state index in [1.807, 2.05) is 27.7 Å². The topological polar surface area (TPSA) is 368 Å². The van der Waals surface area contributed by atoms with Crippen LogP contribution >= 0.6 is 0 Å². The average molecular weight is 850 g/mol. The van der Waals surface area contributed by atoms with E-state index in [-0.39, 0.29) is 76.0 Å². The van der Waals surface area contributed by atoms with Gasteiger partial charge >= 0.3 is 5.97 Å². The molecule has 2 heterocycles. The van der Waals surface area contributed by atoms with Gasteiger partial charge < -0.3 is 69.6 Å². The quantitative estimate of drug-likeness (QED) is 0.0239. The predicted octanol–water partition coefficient (Wildman–Crippen LogP) is -2.95. The lowest BCUT2D eigenvalue weighted by molar-refractivity contribution is -0.150. The summed E-state index contributed by atoms with van der Waals surface area (Å²) in [5.41, 5.74) is 23.2. The zero-order valence-electron chi connectivity index (χ0n) is 35.2. The third kappa shape index (κ3) is 17.5. The van der Waals surface area contributed by atoms with Crippen LogP contribution in [0.5, 0.6) is 0 Å². The molecule has 1 aliphatic rings. The zero-order chi connectivity index (χ0) is 44.9. The smallest absolute Gasteiger partial charge is 0.326 e.